The lowest BCUT2D eigenvalue weighted by atomic mass is 9.53. The van der Waals surface area contributed by atoms with E-state index < -0.39 is 22.5 Å². The number of nitrogens with zero attached hydrogens (tertiary/aromatic N) is 1. The molecular formula is C18H21NO5. The number of hydrogen-bond donors (Lipinski definition) is 1. The van der Waals surface area contributed by atoms with Gasteiger partial charge in [-0.25, -0.2) is 0 Å². The second kappa shape index (κ2) is 4.58. The molecule has 4 aliphatic rings. The molecule has 6 heteroatoms. The number of likely N-dealkylation sites (tertiary alicyclic amines) is 1. The van der Waals surface area contributed by atoms with Crippen molar-refractivity contribution in [3.63, 3.8) is 0 Å². The second-order valence-corrected chi connectivity index (χ2v) is 7.09. The molecule has 0 bridgehead atoms. The number of carbonyl (C=O) groups excluding carboxylic acids is 2. The smallest absolute Gasteiger partial charge is 0.202 e. The van der Waals surface area contributed by atoms with E-state index >= 15 is 0 Å². The van der Waals surface area contributed by atoms with Crippen LogP contribution in [0.15, 0.2) is 35.8 Å². The summed E-state index contributed by atoms with van der Waals surface area (Å²) >= 11 is 0. The monoisotopic (exact) mass is 331 g/mol. The van der Waals surface area contributed by atoms with Crippen molar-refractivity contribution in [3.8, 4) is 0 Å². The number of Topliss-reactive ketones (excluding diaryl/α,β-unsaturated/α-hetero) is 1. The van der Waals surface area contributed by atoms with Crippen LogP contribution in [0.1, 0.15) is 12.8 Å². The largest absolute Gasteiger partial charge is 0.495 e. The zero-order valence-corrected chi connectivity index (χ0v) is 14.0. The standard InChI is InChI=1S/C18H21NO5/c1-19-9-8-17-10-12(21)13(23-2)15(24-3)18(17,19)7-6-16(17)5-4-11(20)14(16)22/h4-7,14,22H,8-10H2,1-3H3/t14-,16+,17+,18-/m1/s1. The fourth-order valence-electron chi connectivity index (χ4n) is 5.50. The van der Waals surface area contributed by atoms with Gasteiger partial charge in [-0.2, -0.15) is 0 Å². The summed E-state index contributed by atoms with van der Waals surface area (Å²) in [4.78, 5) is 27.0. The maximum atomic E-state index is 12.8. The number of likely N-dealkylation sites (N-methyl/N-ethyl adjacent to an activating group) is 1. The second-order valence-electron chi connectivity index (χ2n) is 7.09. The predicted molar refractivity (Wildman–Crippen MR) is 84.8 cm³/mol. The van der Waals surface area contributed by atoms with Gasteiger partial charge < -0.3 is 14.6 Å². The Balaban J connectivity index is 2.02. The quantitative estimate of drug-likeness (QED) is 0.746. The Morgan fingerprint density at radius 2 is 1.96 bits per heavy atom. The van der Waals surface area contributed by atoms with Gasteiger partial charge in [0.05, 0.1) is 14.2 Å². The Labute approximate surface area is 140 Å². The van der Waals surface area contributed by atoms with Crippen molar-refractivity contribution in [2.24, 2.45) is 10.8 Å². The van der Waals surface area contributed by atoms with Crippen LogP contribution >= 0.6 is 0 Å². The third kappa shape index (κ3) is 1.33. The van der Waals surface area contributed by atoms with Crippen molar-refractivity contribution >= 4 is 11.6 Å². The highest BCUT2D eigenvalue weighted by Crippen LogP contribution is 2.70. The fraction of sp³-hybridized carbons (Fsp3) is 0.556. The van der Waals surface area contributed by atoms with E-state index in [1.54, 1.807) is 6.08 Å². The Morgan fingerprint density at radius 1 is 1.21 bits per heavy atom. The number of ketones is 2. The van der Waals surface area contributed by atoms with Gasteiger partial charge in [-0.3, -0.25) is 14.5 Å². The van der Waals surface area contributed by atoms with Gasteiger partial charge in [0.2, 0.25) is 11.5 Å². The third-order valence-corrected chi connectivity index (χ3v) is 6.56. The number of aliphatic hydroxyl groups is 1. The number of rotatable bonds is 2. The average Bonchev–Trinajstić information content (AvgIpc) is 3.13. The minimum Gasteiger partial charge on any atom is -0.495 e. The summed E-state index contributed by atoms with van der Waals surface area (Å²) in [5.41, 5.74) is -2.23. The normalized spacial score (nSPS) is 43.8. The molecule has 0 aromatic heterocycles. The molecule has 0 radical (unpaired) electrons. The van der Waals surface area contributed by atoms with E-state index in [1.807, 2.05) is 19.2 Å². The third-order valence-electron chi connectivity index (χ3n) is 6.56. The van der Waals surface area contributed by atoms with Gasteiger partial charge in [0.15, 0.2) is 11.5 Å². The Hall–Kier alpha value is -1.92. The number of hydrogen-bond acceptors (Lipinski definition) is 6. The summed E-state index contributed by atoms with van der Waals surface area (Å²) in [5.74, 6) is 0.233. The van der Waals surface area contributed by atoms with Crippen molar-refractivity contribution in [2.75, 3.05) is 27.8 Å². The molecule has 1 N–H and O–H groups in total. The van der Waals surface area contributed by atoms with Gasteiger partial charge >= 0.3 is 0 Å². The maximum Gasteiger partial charge on any atom is 0.202 e. The molecule has 0 unspecified atom stereocenters. The van der Waals surface area contributed by atoms with E-state index in [0.29, 0.717) is 12.2 Å². The Kier molecular flexibility index (Phi) is 2.98. The van der Waals surface area contributed by atoms with Crippen LogP contribution in [0.25, 0.3) is 0 Å². The molecule has 0 aromatic carbocycles. The lowest BCUT2D eigenvalue weighted by molar-refractivity contribution is -0.137. The highest BCUT2D eigenvalue weighted by Gasteiger charge is 2.76. The average molecular weight is 331 g/mol. The van der Waals surface area contributed by atoms with Crippen LogP contribution in [0.4, 0.5) is 0 Å². The number of carbonyl (C=O) groups is 2. The first-order valence-corrected chi connectivity index (χ1v) is 8.09. The van der Waals surface area contributed by atoms with Gasteiger partial charge in [0.25, 0.3) is 0 Å². The Bertz CT molecular complexity index is 738. The molecule has 1 aliphatic heterocycles. The Morgan fingerprint density at radius 3 is 2.54 bits per heavy atom. The summed E-state index contributed by atoms with van der Waals surface area (Å²) in [5, 5.41) is 10.7. The molecule has 6 nitrogen and oxygen atoms in total. The van der Waals surface area contributed by atoms with Crippen molar-refractivity contribution < 1.29 is 24.2 Å². The van der Waals surface area contributed by atoms with E-state index in [-0.39, 0.29) is 23.7 Å². The van der Waals surface area contributed by atoms with Gasteiger partial charge in [0.1, 0.15) is 11.6 Å². The summed E-state index contributed by atoms with van der Waals surface area (Å²) in [7, 11) is 4.97. The first-order valence-electron chi connectivity index (χ1n) is 8.09. The molecule has 4 rings (SSSR count). The molecule has 1 spiro atoms. The highest BCUT2D eigenvalue weighted by atomic mass is 16.5. The minimum atomic E-state index is -1.17. The van der Waals surface area contributed by atoms with Crippen molar-refractivity contribution in [1.82, 2.24) is 4.90 Å². The van der Waals surface area contributed by atoms with Crippen LogP contribution in [0.5, 0.6) is 0 Å². The molecule has 1 saturated heterocycles. The maximum absolute atomic E-state index is 12.8. The van der Waals surface area contributed by atoms with E-state index in [9.17, 15) is 14.7 Å². The first-order chi connectivity index (χ1) is 11.4. The van der Waals surface area contributed by atoms with Gasteiger partial charge in [-0.15, -0.1) is 0 Å². The van der Waals surface area contributed by atoms with Crippen LogP contribution in [-0.4, -0.2) is 61.0 Å². The van der Waals surface area contributed by atoms with Gasteiger partial charge in [-0.1, -0.05) is 18.2 Å². The van der Waals surface area contributed by atoms with Gasteiger partial charge in [0, 0.05) is 17.3 Å². The molecular weight excluding hydrogens is 310 g/mol. The molecule has 3 aliphatic carbocycles. The van der Waals surface area contributed by atoms with E-state index in [1.165, 1.54) is 20.3 Å². The van der Waals surface area contributed by atoms with Crippen LogP contribution in [0, 0.1) is 10.8 Å². The summed E-state index contributed by atoms with van der Waals surface area (Å²) in [6.45, 7) is 0.734. The van der Waals surface area contributed by atoms with Crippen LogP contribution < -0.4 is 0 Å². The summed E-state index contributed by atoms with van der Waals surface area (Å²) < 4.78 is 11.0. The summed E-state index contributed by atoms with van der Waals surface area (Å²) in [6.07, 6.45) is 6.80. The molecule has 128 valence electrons. The van der Waals surface area contributed by atoms with Crippen molar-refractivity contribution in [1.29, 1.82) is 0 Å². The number of methoxy groups -OCH3 is 2. The van der Waals surface area contributed by atoms with E-state index in [4.69, 9.17) is 9.47 Å². The lowest BCUT2D eigenvalue weighted by Crippen LogP contribution is -2.61. The molecule has 1 fully saturated rings. The van der Waals surface area contributed by atoms with E-state index in [0.717, 1.165) is 6.54 Å². The number of allylic oxidation sites excluding steroid dienone is 1. The number of aliphatic hydroxyl groups excluding tert-OH is 1. The zero-order valence-electron chi connectivity index (χ0n) is 14.0. The minimum absolute atomic E-state index is 0.150. The lowest BCUT2D eigenvalue weighted by Gasteiger charge is -2.53. The molecule has 1 heterocycles. The van der Waals surface area contributed by atoms with Crippen LogP contribution in [-0.2, 0) is 19.1 Å². The molecule has 0 amide bonds. The van der Waals surface area contributed by atoms with E-state index in [2.05, 4.69) is 4.90 Å². The fourth-order valence-corrected chi connectivity index (χ4v) is 5.50. The predicted octanol–water partition coefficient (Wildman–Crippen LogP) is 0.580. The number of ether oxygens (including phenoxy) is 2. The van der Waals surface area contributed by atoms with Crippen LogP contribution in [0.3, 0.4) is 0 Å². The topological polar surface area (TPSA) is 76.1 Å². The first kappa shape index (κ1) is 15.6. The van der Waals surface area contributed by atoms with Crippen molar-refractivity contribution in [3.05, 3.63) is 35.8 Å². The molecule has 0 aromatic rings. The molecule has 4 atom stereocenters. The van der Waals surface area contributed by atoms with Gasteiger partial charge in [-0.05, 0) is 26.1 Å². The van der Waals surface area contributed by atoms with Crippen LogP contribution in [0.2, 0.25) is 0 Å². The SMILES string of the molecule is COC1=C(OC)[C@]23C=C[C@]4(C=CC(=O)[C@H]4O)[C@]2(CCN3C)CC1=O. The highest BCUT2D eigenvalue weighted by molar-refractivity contribution is 6.00. The molecule has 24 heavy (non-hydrogen) atoms. The molecule has 0 saturated carbocycles. The van der Waals surface area contributed by atoms with Crippen molar-refractivity contribution in [2.45, 2.75) is 24.5 Å². The zero-order chi connectivity index (χ0) is 17.3. The summed E-state index contributed by atoms with van der Waals surface area (Å²) in [6, 6.07) is 0.